The fourth-order valence-electron chi connectivity index (χ4n) is 2.62. The highest BCUT2D eigenvalue weighted by molar-refractivity contribution is 7.10. The number of rotatable bonds is 3. The van der Waals surface area contributed by atoms with E-state index in [-0.39, 0.29) is 17.9 Å². The molecule has 0 radical (unpaired) electrons. The molecule has 0 saturated carbocycles. The van der Waals surface area contributed by atoms with E-state index in [1.165, 1.54) is 4.88 Å². The summed E-state index contributed by atoms with van der Waals surface area (Å²) in [5, 5.41) is 4.86. The standard InChI is InChI=1S/C17H18N2O2S/c1-11(15-4-3-9-22-15)19(2)17(21)13-5-7-14-12(10-13)6-8-16(20)18-14/h3-5,7,9-11H,6,8H2,1-2H3,(H,18,20)/t11-/m1/s1. The number of fused-ring (bicyclic) bond motifs is 1. The molecule has 1 N–H and O–H groups in total. The topological polar surface area (TPSA) is 49.4 Å². The van der Waals surface area contributed by atoms with Crippen LogP contribution in [0.1, 0.15) is 40.2 Å². The molecular formula is C17H18N2O2S. The average molecular weight is 314 g/mol. The summed E-state index contributed by atoms with van der Waals surface area (Å²) in [7, 11) is 1.83. The molecule has 0 fully saturated rings. The number of anilines is 1. The number of hydrogen-bond donors (Lipinski definition) is 1. The average Bonchev–Trinajstić information content (AvgIpc) is 3.06. The maximum absolute atomic E-state index is 12.7. The number of amides is 2. The van der Waals surface area contributed by atoms with E-state index in [0.717, 1.165) is 11.3 Å². The predicted octanol–water partition coefficient (Wildman–Crippen LogP) is 3.47. The molecule has 0 unspecified atom stereocenters. The second-order valence-electron chi connectivity index (χ2n) is 5.53. The Hall–Kier alpha value is -2.14. The molecule has 4 nitrogen and oxygen atoms in total. The van der Waals surface area contributed by atoms with Crippen molar-refractivity contribution < 1.29 is 9.59 Å². The molecule has 1 aromatic carbocycles. The van der Waals surface area contributed by atoms with Gasteiger partial charge in [-0.05, 0) is 48.6 Å². The number of thiophene rings is 1. The van der Waals surface area contributed by atoms with E-state index in [2.05, 4.69) is 5.32 Å². The van der Waals surface area contributed by atoms with Crippen LogP contribution in [0.2, 0.25) is 0 Å². The van der Waals surface area contributed by atoms with E-state index in [0.29, 0.717) is 18.4 Å². The lowest BCUT2D eigenvalue weighted by atomic mass is 10.00. The van der Waals surface area contributed by atoms with Gasteiger partial charge in [0.1, 0.15) is 0 Å². The van der Waals surface area contributed by atoms with E-state index in [1.54, 1.807) is 22.3 Å². The molecule has 0 bridgehead atoms. The first-order valence-corrected chi connectivity index (χ1v) is 8.17. The van der Waals surface area contributed by atoms with E-state index >= 15 is 0 Å². The van der Waals surface area contributed by atoms with Crippen LogP contribution in [-0.2, 0) is 11.2 Å². The van der Waals surface area contributed by atoms with Gasteiger partial charge in [0.25, 0.3) is 5.91 Å². The number of nitrogens with one attached hydrogen (secondary N) is 1. The summed E-state index contributed by atoms with van der Waals surface area (Å²) in [6.07, 6.45) is 1.17. The lowest BCUT2D eigenvalue weighted by Crippen LogP contribution is -2.29. The van der Waals surface area contributed by atoms with Crippen LogP contribution in [0.5, 0.6) is 0 Å². The van der Waals surface area contributed by atoms with Gasteiger partial charge >= 0.3 is 0 Å². The monoisotopic (exact) mass is 314 g/mol. The Balaban J connectivity index is 1.81. The Labute approximate surface area is 133 Å². The molecule has 1 aromatic heterocycles. The van der Waals surface area contributed by atoms with Crippen LogP contribution in [0.25, 0.3) is 0 Å². The maximum Gasteiger partial charge on any atom is 0.254 e. The molecule has 2 amide bonds. The molecule has 3 rings (SSSR count). The third-order valence-corrected chi connectivity index (χ3v) is 5.15. The van der Waals surface area contributed by atoms with Crippen LogP contribution in [-0.4, -0.2) is 23.8 Å². The Morgan fingerprint density at radius 1 is 1.32 bits per heavy atom. The highest BCUT2D eigenvalue weighted by Crippen LogP contribution is 2.27. The van der Waals surface area contributed by atoms with Crippen molar-refractivity contribution in [2.24, 2.45) is 0 Å². The molecule has 1 aliphatic rings. The SMILES string of the molecule is C[C@H](c1cccs1)N(C)C(=O)c1ccc2c(c1)CCC(=O)N2. The Morgan fingerprint density at radius 3 is 2.86 bits per heavy atom. The van der Waals surface area contributed by atoms with Crippen molar-refractivity contribution in [1.82, 2.24) is 4.90 Å². The number of carbonyl (C=O) groups excluding carboxylic acids is 2. The molecule has 1 atom stereocenters. The maximum atomic E-state index is 12.7. The van der Waals surface area contributed by atoms with Gasteiger partial charge < -0.3 is 10.2 Å². The normalized spacial score (nSPS) is 14.9. The van der Waals surface area contributed by atoms with Crippen molar-refractivity contribution in [3.63, 3.8) is 0 Å². The van der Waals surface area contributed by atoms with Crippen molar-refractivity contribution >= 4 is 28.8 Å². The van der Waals surface area contributed by atoms with Crippen LogP contribution in [0.4, 0.5) is 5.69 Å². The van der Waals surface area contributed by atoms with Crippen LogP contribution in [0.15, 0.2) is 35.7 Å². The fraction of sp³-hybridized carbons (Fsp3) is 0.294. The van der Waals surface area contributed by atoms with Crippen molar-refractivity contribution in [2.45, 2.75) is 25.8 Å². The smallest absolute Gasteiger partial charge is 0.254 e. The lowest BCUT2D eigenvalue weighted by molar-refractivity contribution is -0.116. The van der Waals surface area contributed by atoms with Crippen LogP contribution < -0.4 is 5.32 Å². The highest BCUT2D eigenvalue weighted by atomic mass is 32.1. The van der Waals surface area contributed by atoms with Gasteiger partial charge in [-0.2, -0.15) is 0 Å². The largest absolute Gasteiger partial charge is 0.334 e. The molecule has 114 valence electrons. The predicted molar refractivity (Wildman–Crippen MR) is 88.2 cm³/mol. The van der Waals surface area contributed by atoms with Crippen molar-refractivity contribution in [2.75, 3.05) is 12.4 Å². The third-order valence-electron chi connectivity index (χ3n) is 4.10. The molecular weight excluding hydrogens is 296 g/mol. The number of carbonyl (C=O) groups is 2. The van der Waals surface area contributed by atoms with Crippen molar-refractivity contribution in [3.8, 4) is 0 Å². The highest BCUT2D eigenvalue weighted by Gasteiger charge is 2.22. The van der Waals surface area contributed by atoms with E-state index in [9.17, 15) is 9.59 Å². The number of hydrogen-bond acceptors (Lipinski definition) is 3. The minimum absolute atomic E-state index is 0.000556. The molecule has 5 heteroatoms. The third kappa shape index (κ3) is 2.76. The quantitative estimate of drug-likeness (QED) is 0.943. The summed E-state index contributed by atoms with van der Waals surface area (Å²) in [6.45, 7) is 2.03. The van der Waals surface area contributed by atoms with Gasteiger partial charge in [-0.15, -0.1) is 11.3 Å². The molecule has 0 spiro atoms. The second-order valence-corrected chi connectivity index (χ2v) is 6.51. The second kappa shape index (κ2) is 5.93. The van der Waals surface area contributed by atoms with Gasteiger partial charge in [0.05, 0.1) is 6.04 Å². The first-order chi connectivity index (χ1) is 10.6. The molecule has 1 aliphatic heterocycles. The zero-order valence-electron chi connectivity index (χ0n) is 12.6. The summed E-state index contributed by atoms with van der Waals surface area (Å²) in [5.74, 6) is 0.0376. The van der Waals surface area contributed by atoms with E-state index < -0.39 is 0 Å². The summed E-state index contributed by atoms with van der Waals surface area (Å²) < 4.78 is 0. The summed E-state index contributed by atoms with van der Waals surface area (Å²) in [6, 6.07) is 9.59. The summed E-state index contributed by atoms with van der Waals surface area (Å²) >= 11 is 1.65. The molecule has 2 aromatic rings. The minimum atomic E-state index is 0.000556. The van der Waals surface area contributed by atoms with Crippen LogP contribution in [0.3, 0.4) is 0 Å². The molecule has 0 aliphatic carbocycles. The van der Waals surface area contributed by atoms with Crippen LogP contribution >= 0.6 is 11.3 Å². The van der Waals surface area contributed by atoms with Gasteiger partial charge in [-0.3, -0.25) is 9.59 Å². The Kier molecular flexibility index (Phi) is 3.98. The van der Waals surface area contributed by atoms with Gasteiger partial charge in [0, 0.05) is 29.6 Å². The Bertz CT molecular complexity index is 709. The minimum Gasteiger partial charge on any atom is -0.334 e. The van der Waals surface area contributed by atoms with Gasteiger partial charge in [0.2, 0.25) is 5.91 Å². The summed E-state index contributed by atoms with van der Waals surface area (Å²) in [5.41, 5.74) is 2.52. The van der Waals surface area contributed by atoms with Gasteiger partial charge in [-0.1, -0.05) is 6.07 Å². The van der Waals surface area contributed by atoms with Gasteiger partial charge in [0.15, 0.2) is 0 Å². The molecule has 0 saturated heterocycles. The lowest BCUT2D eigenvalue weighted by Gasteiger charge is -2.25. The summed E-state index contributed by atoms with van der Waals surface area (Å²) in [4.78, 5) is 27.0. The Morgan fingerprint density at radius 2 is 2.14 bits per heavy atom. The van der Waals surface area contributed by atoms with Gasteiger partial charge in [-0.25, -0.2) is 0 Å². The van der Waals surface area contributed by atoms with Crippen molar-refractivity contribution in [1.29, 1.82) is 0 Å². The number of aryl methyl sites for hydroxylation is 1. The number of nitrogens with zero attached hydrogens (tertiary/aromatic N) is 1. The molecule has 2 heterocycles. The fourth-order valence-corrected chi connectivity index (χ4v) is 3.44. The van der Waals surface area contributed by atoms with E-state index in [1.807, 2.05) is 43.6 Å². The van der Waals surface area contributed by atoms with Crippen molar-refractivity contribution in [3.05, 3.63) is 51.7 Å². The zero-order valence-corrected chi connectivity index (χ0v) is 13.4. The zero-order chi connectivity index (χ0) is 15.7. The first-order valence-electron chi connectivity index (χ1n) is 7.29. The first kappa shape index (κ1) is 14.8. The molecule has 22 heavy (non-hydrogen) atoms. The number of benzene rings is 1. The van der Waals surface area contributed by atoms with E-state index in [4.69, 9.17) is 0 Å². The van der Waals surface area contributed by atoms with Crippen LogP contribution in [0, 0.1) is 0 Å².